The molecule has 4 rings (SSSR count). The molecule has 0 saturated carbocycles. The van der Waals surface area contributed by atoms with Gasteiger partial charge in [-0.3, -0.25) is 4.98 Å². The van der Waals surface area contributed by atoms with Gasteiger partial charge in [-0.1, -0.05) is 12.1 Å². The molecule has 3 heterocycles. The Hall–Kier alpha value is -2.46. The average Bonchev–Trinajstić information content (AvgIpc) is 2.74. The predicted molar refractivity (Wildman–Crippen MR) is 108 cm³/mol. The van der Waals surface area contributed by atoms with E-state index in [-0.39, 0.29) is 12.4 Å². The number of benzene rings is 1. The van der Waals surface area contributed by atoms with E-state index >= 15 is 0 Å². The van der Waals surface area contributed by atoms with Crippen LogP contribution >= 0.6 is 12.0 Å². The van der Waals surface area contributed by atoms with Gasteiger partial charge in [-0.15, -0.1) is 0 Å². The molecule has 0 spiro atoms. The third kappa shape index (κ3) is 3.74. The largest absolute Gasteiger partial charge is 0.508 e. The minimum atomic E-state index is -0.497. The number of pyridine rings is 1. The number of fused-ring (bicyclic) bond motifs is 1. The molecule has 1 aromatic carbocycles. The van der Waals surface area contributed by atoms with Gasteiger partial charge in [0, 0.05) is 24.8 Å². The van der Waals surface area contributed by atoms with Crippen LogP contribution in [0.15, 0.2) is 36.5 Å². The van der Waals surface area contributed by atoms with Crippen LogP contribution in [0.25, 0.3) is 22.4 Å². The summed E-state index contributed by atoms with van der Waals surface area (Å²) >= 11 is 0.573. The molecule has 28 heavy (non-hydrogen) atoms. The van der Waals surface area contributed by atoms with E-state index in [0.717, 1.165) is 0 Å². The second-order valence-electron chi connectivity index (χ2n) is 6.43. The highest BCUT2D eigenvalue weighted by Gasteiger charge is 2.21. The highest BCUT2D eigenvalue weighted by Crippen LogP contribution is 2.31. The number of aliphatic hydroxyl groups is 1. The summed E-state index contributed by atoms with van der Waals surface area (Å²) in [4.78, 5) is 16.0. The Morgan fingerprint density at radius 1 is 1.18 bits per heavy atom. The summed E-state index contributed by atoms with van der Waals surface area (Å²) in [6, 6.07) is 8.59. The average molecular weight is 400 g/mol. The summed E-state index contributed by atoms with van der Waals surface area (Å²) in [6.45, 7) is 2.40. The number of phenolic OH excluding ortho intramolecular Hbond substituents is 1. The van der Waals surface area contributed by atoms with E-state index in [0.29, 0.717) is 72.1 Å². The smallest absolute Gasteiger partial charge is 0.162 e. The normalized spacial score (nSPS) is 15.7. The second-order valence-corrected chi connectivity index (χ2v) is 7.21. The number of aromatic hydroxyl groups is 1. The van der Waals surface area contributed by atoms with Crippen molar-refractivity contribution in [2.75, 3.05) is 37.8 Å². The van der Waals surface area contributed by atoms with Crippen molar-refractivity contribution in [3.8, 4) is 17.1 Å². The topological polar surface area (TPSA) is 112 Å². The summed E-state index contributed by atoms with van der Waals surface area (Å²) in [7, 11) is 0. The van der Waals surface area contributed by atoms with Crippen molar-refractivity contribution in [1.82, 2.24) is 15.0 Å². The lowest BCUT2D eigenvalue weighted by molar-refractivity contribution is 0.122. The van der Waals surface area contributed by atoms with E-state index in [1.165, 1.54) is 0 Å². The van der Waals surface area contributed by atoms with Gasteiger partial charge >= 0.3 is 0 Å². The Morgan fingerprint density at radius 3 is 2.71 bits per heavy atom. The molecule has 1 atom stereocenters. The highest BCUT2D eigenvalue weighted by molar-refractivity contribution is 7.94. The fourth-order valence-corrected chi connectivity index (χ4v) is 3.48. The SMILES string of the molecule is OCC(SO)c1cnc2c(N3CCOCC3)nc(-c3cccc(O)c3)nc2c1. The van der Waals surface area contributed by atoms with Crippen molar-refractivity contribution in [2.45, 2.75) is 5.25 Å². The quantitative estimate of drug-likeness (QED) is 0.556. The maximum absolute atomic E-state index is 9.83. The predicted octanol–water partition coefficient (Wildman–Crippen LogP) is 2.47. The Labute approximate surface area is 166 Å². The molecule has 1 aliphatic rings. The number of phenols is 1. The zero-order valence-electron chi connectivity index (χ0n) is 15.0. The Kier molecular flexibility index (Phi) is 5.58. The molecule has 1 saturated heterocycles. The number of nitrogens with zero attached hydrogens (tertiary/aromatic N) is 4. The molecule has 1 unspecified atom stereocenters. The molecular formula is C19H20N4O4S. The molecule has 8 nitrogen and oxygen atoms in total. The van der Waals surface area contributed by atoms with Crippen molar-refractivity contribution in [2.24, 2.45) is 0 Å². The first-order valence-electron chi connectivity index (χ1n) is 8.90. The summed E-state index contributed by atoms with van der Waals surface area (Å²) in [6.07, 6.45) is 1.63. The summed E-state index contributed by atoms with van der Waals surface area (Å²) in [5, 5.41) is 18.8. The molecule has 0 aliphatic carbocycles. The van der Waals surface area contributed by atoms with Crippen molar-refractivity contribution in [1.29, 1.82) is 0 Å². The number of morpholine rings is 1. The van der Waals surface area contributed by atoms with Crippen molar-refractivity contribution >= 4 is 28.9 Å². The van der Waals surface area contributed by atoms with E-state index < -0.39 is 5.25 Å². The lowest BCUT2D eigenvalue weighted by atomic mass is 10.1. The van der Waals surface area contributed by atoms with Gasteiger partial charge in [0.1, 0.15) is 11.3 Å². The van der Waals surface area contributed by atoms with Gasteiger partial charge in [0.2, 0.25) is 0 Å². The molecule has 146 valence electrons. The number of ether oxygens (including phenoxy) is 1. The number of anilines is 1. The number of hydrogen-bond acceptors (Lipinski definition) is 9. The number of aromatic nitrogens is 3. The zero-order chi connectivity index (χ0) is 19.5. The Balaban J connectivity index is 1.89. The molecule has 0 radical (unpaired) electrons. The van der Waals surface area contributed by atoms with Crippen LogP contribution in [-0.4, -0.2) is 62.6 Å². The van der Waals surface area contributed by atoms with Crippen LogP contribution in [0.3, 0.4) is 0 Å². The van der Waals surface area contributed by atoms with Crippen molar-refractivity contribution in [3.05, 3.63) is 42.1 Å². The summed E-state index contributed by atoms with van der Waals surface area (Å²) < 4.78 is 14.9. The van der Waals surface area contributed by atoms with Crippen LogP contribution in [0.5, 0.6) is 5.75 Å². The monoisotopic (exact) mass is 400 g/mol. The van der Waals surface area contributed by atoms with E-state index in [1.54, 1.807) is 24.4 Å². The fourth-order valence-electron chi connectivity index (χ4n) is 3.16. The van der Waals surface area contributed by atoms with Gasteiger partial charge in [0.25, 0.3) is 0 Å². The van der Waals surface area contributed by atoms with Crippen LogP contribution in [0, 0.1) is 0 Å². The molecule has 0 bridgehead atoms. The molecule has 9 heteroatoms. The van der Waals surface area contributed by atoms with E-state index in [4.69, 9.17) is 9.72 Å². The molecule has 3 aromatic rings. The van der Waals surface area contributed by atoms with Crippen molar-refractivity contribution in [3.63, 3.8) is 0 Å². The maximum atomic E-state index is 9.83. The molecule has 2 aromatic heterocycles. The van der Waals surface area contributed by atoms with Crippen LogP contribution < -0.4 is 4.90 Å². The van der Waals surface area contributed by atoms with Crippen LogP contribution in [-0.2, 0) is 4.74 Å². The highest BCUT2D eigenvalue weighted by atomic mass is 32.2. The van der Waals surface area contributed by atoms with Gasteiger partial charge in [0.15, 0.2) is 11.6 Å². The Morgan fingerprint density at radius 2 is 2.00 bits per heavy atom. The van der Waals surface area contributed by atoms with Crippen LogP contribution in [0.1, 0.15) is 10.8 Å². The Bertz CT molecular complexity index is 977. The first kappa shape index (κ1) is 18.9. The minimum Gasteiger partial charge on any atom is -0.508 e. The number of hydrogen-bond donors (Lipinski definition) is 3. The van der Waals surface area contributed by atoms with Gasteiger partial charge in [-0.25, -0.2) is 9.97 Å². The minimum absolute atomic E-state index is 0.137. The lowest BCUT2D eigenvalue weighted by Gasteiger charge is -2.28. The van der Waals surface area contributed by atoms with Crippen LogP contribution in [0.2, 0.25) is 0 Å². The summed E-state index contributed by atoms with van der Waals surface area (Å²) in [5.74, 6) is 1.31. The molecule has 0 amide bonds. The van der Waals surface area contributed by atoms with Gasteiger partial charge in [-0.2, -0.15) is 0 Å². The zero-order valence-corrected chi connectivity index (χ0v) is 15.8. The maximum Gasteiger partial charge on any atom is 0.162 e. The third-order valence-electron chi connectivity index (χ3n) is 4.62. The molecule has 1 fully saturated rings. The molecular weight excluding hydrogens is 380 g/mol. The first-order valence-corrected chi connectivity index (χ1v) is 9.74. The summed E-state index contributed by atoms with van der Waals surface area (Å²) in [5.41, 5.74) is 2.63. The van der Waals surface area contributed by atoms with E-state index in [1.807, 2.05) is 12.1 Å². The number of aliphatic hydroxyl groups excluding tert-OH is 1. The molecule has 1 aliphatic heterocycles. The standard InChI is InChI=1S/C19H20N4O4S/c24-11-16(28-26)13-9-15-17(20-10-13)19(23-4-6-27-7-5-23)22-18(21-15)12-2-1-3-14(25)8-12/h1-3,8-10,16,24-26H,4-7,11H2. The lowest BCUT2D eigenvalue weighted by Crippen LogP contribution is -2.37. The molecule has 3 N–H and O–H groups in total. The van der Waals surface area contributed by atoms with E-state index in [9.17, 15) is 14.8 Å². The third-order valence-corrected chi connectivity index (χ3v) is 5.29. The van der Waals surface area contributed by atoms with Gasteiger partial charge < -0.3 is 24.4 Å². The van der Waals surface area contributed by atoms with Crippen LogP contribution in [0.4, 0.5) is 5.82 Å². The van der Waals surface area contributed by atoms with E-state index in [2.05, 4.69) is 14.9 Å². The first-order chi connectivity index (χ1) is 13.7. The second kappa shape index (κ2) is 8.27. The van der Waals surface area contributed by atoms with Crippen molar-refractivity contribution < 1.29 is 19.5 Å². The number of rotatable bonds is 5. The fraction of sp³-hybridized carbons (Fsp3) is 0.316. The van der Waals surface area contributed by atoms with Gasteiger partial charge in [0.05, 0.1) is 30.6 Å². The van der Waals surface area contributed by atoms with Gasteiger partial charge in [-0.05, 0) is 35.8 Å².